The molecule has 0 aliphatic heterocycles. The van der Waals surface area contributed by atoms with Gasteiger partial charge in [0.2, 0.25) is 0 Å². The van der Waals surface area contributed by atoms with E-state index >= 15 is 4.39 Å². The third-order valence-electron chi connectivity index (χ3n) is 6.70. The van der Waals surface area contributed by atoms with E-state index in [1.807, 2.05) is 49.4 Å². The Morgan fingerprint density at radius 1 is 0.658 bits per heavy atom. The molecule has 0 heterocycles. The molecular weight excluding hydrogens is 463 g/mol. The molecule has 4 rings (SSSR count). The summed E-state index contributed by atoms with van der Waals surface area (Å²) in [5.41, 5.74) is 5.78. The van der Waals surface area contributed by atoms with Gasteiger partial charge in [-0.1, -0.05) is 98.4 Å². The van der Waals surface area contributed by atoms with Crippen LogP contribution in [0.1, 0.15) is 79.3 Å². The summed E-state index contributed by atoms with van der Waals surface area (Å²) in [5.74, 6) is 12.3. The standard InChI is InChI=1S/C37H35F/c1-3-5-7-9-11-33-23-27-36-35(28-33)26-25-34(37(36)38)24-22-32-20-18-31(19-21-32)17-16-30-14-12-29(13-15-30)10-8-6-4-2/h4,6,12-15,18-21,23,25-28H,3,5,7-11H2,1-2H3/b6-4+. The third kappa shape index (κ3) is 7.71. The second-order valence-corrected chi connectivity index (χ2v) is 9.68. The Hall–Kier alpha value is -4.07. The van der Waals surface area contributed by atoms with Crippen molar-refractivity contribution < 1.29 is 4.39 Å². The van der Waals surface area contributed by atoms with Gasteiger partial charge in [-0.3, -0.25) is 0 Å². The number of hydrogen-bond donors (Lipinski definition) is 0. The molecule has 0 aliphatic rings. The number of rotatable bonds is 8. The van der Waals surface area contributed by atoms with Gasteiger partial charge in [0.05, 0.1) is 5.56 Å². The van der Waals surface area contributed by atoms with Gasteiger partial charge in [0.15, 0.2) is 0 Å². The second-order valence-electron chi connectivity index (χ2n) is 9.68. The number of hydrogen-bond acceptors (Lipinski definition) is 0. The summed E-state index contributed by atoms with van der Waals surface area (Å²) in [6.45, 7) is 4.27. The molecule has 4 aromatic carbocycles. The van der Waals surface area contributed by atoms with Gasteiger partial charge in [0.1, 0.15) is 5.82 Å². The number of unbranched alkanes of at least 4 members (excludes halogenated alkanes) is 3. The Labute approximate surface area is 227 Å². The Morgan fingerprint density at radius 3 is 1.95 bits per heavy atom. The topological polar surface area (TPSA) is 0 Å². The summed E-state index contributed by atoms with van der Waals surface area (Å²) < 4.78 is 15.2. The zero-order valence-corrected chi connectivity index (χ0v) is 22.5. The molecule has 190 valence electrons. The average Bonchev–Trinajstić information content (AvgIpc) is 2.95. The molecule has 0 unspecified atom stereocenters. The molecule has 0 atom stereocenters. The lowest BCUT2D eigenvalue weighted by molar-refractivity contribution is 0.636. The number of allylic oxidation sites excluding steroid dienone is 2. The van der Waals surface area contributed by atoms with Gasteiger partial charge >= 0.3 is 0 Å². The lowest BCUT2D eigenvalue weighted by Gasteiger charge is -2.06. The van der Waals surface area contributed by atoms with Gasteiger partial charge in [-0.25, -0.2) is 4.39 Å². The smallest absolute Gasteiger partial charge is 0.146 e. The molecule has 0 radical (unpaired) electrons. The van der Waals surface area contributed by atoms with Crippen LogP contribution in [0.25, 0.3) is 10.8 Å². The number of benzene rings is 4. The van der Waals surface area contributed by atoms with Gasteiger partial charge in [-0.05, 0) is 91.6 Å². The molecular formula is C37H35F. The van der Waals surface area contributed by atoms with Crippen LogP contribution in [-0.4, -0.2) is 0 Å². The fourth-order valence-electron chi connectivity index (χ4n) is 4.44. The molecule has 0 fully saturated rings. The lowest BCUT2D eigenvalue weighted by Crippen LogP contribution is -1.90. The predicted molar refractivity (Wildman–Crippen MR) is 160 cm³/mol. The van der Waals surface area contributed by atoms with Gasteiger partial charge in [0.25, 0.3) is 0 Å². The minimum atomic E-state index is -0.247. The molecule has 38 heavy (non-hydrogen) atoms. The highest BCUT2D eigenvalue weighted by Crippen LogP contribution is 2.23. The van der Waals surface area contributed by atoms with E-state index < -0.39 is 0 Å². The lowest BCUT2D eigenvalue weighted by atomic mass is 10.00. The fourth-order valence-corrected chi connectivity index (χ4v) is 4.44. The molecule has 0 nitrogen and oxygen atoms in total. The minimum Gasteiger partial charge on any atom is -0.205 e. The summed E-state index contributed by atoms with van der Waals surface area (Å²) in [7, 11) is 0. The summed E-state index contributed by atoms with van der Waals surface area (Å²) >= 11 is 0. The molecule has 0 bridgehead atoms. The van der Waals surface area contributed by atoms with Gasteiger partial charge in [0, 0.05) is 22.1 Å². The van der Waals surface area contributed by atoms with E-state index in [0.717, 1.165) is 41.3 Å². The highest BCUT2D eigenvalue weighted by atomic mass is 19.1. The van der Waals surface area contributed by atoms with Crippen LogP contribution in [0.3, 0.4) is 0 Å². The SMILES string of the molecule is C/C=C/CCc1ccc(C#Cc2ccc(C#Cc3ccc4cc(CCCCCC)ccc4c3F)cc2)cc1. The van der Waals surface area contributed by atoms with E-state index in [1.165, 1.54) is 36.8 Å². The molecule has 0 amide bonds. The van der Waals surface area contributed by atoms with E-state index in [0.29, 0.717) is 10.9 Å². The molecule has 0 saturated carbocycles. The van der Waals surface area contributed by atoms with Crippen molar-refractivity contribution in [3.05, 3.63) is 130 Å². The normalized spacial score (nSPS) is 10.7. The highest BCUT2D eigenvalue weighted by Gasteiger charge is 2.06. The van der Waals surface area contributed by atoms with Crippen LogP contribution in [0.4, 0.5) is 4.39 Å². The van der Waals surface area contributed by atoms with Crippen LogP contribution in [0, 0.1) is 29.5 Å². The van der Waals surface area contributed by atoms with Crippen molar-refractivity contribution in [3.8, 4) is 23.7 Å². The molecule has 0 N–H and O–H groups in total. The van der Waals surface area contributed by atoms with Gasteiger partial charge in [-0.15, -0.1) is 0 Å². The maximum Gasteiger partial charge on any atom is 0.146 e. The van der Waals surface area contributed by atoms with Crippen molar-refractivity contribution in [1.82, 2.24) is 0 Å². The maximum atomic E-state index is 15.2. The van der Waals surface area contributed by atoms with E-state index in [1.54, 1.807) is 6.07 Å². The first-order chi connectivity index (χ1) is 18.7. The minimum absolute atomic E-state index is 0.247. The monoisotopic (exact) mass is 498 g/mol. The van der Waals surface area contributed by atoms with Crippen molar-refractivity contribution in [3.63, 3.8) is 0 Å². The van der Waals surface area contributed by atoms with Crippen LogP contribution < -0.4 is 0 Å². The second kappa shape index (κ2) is 14.0. The predicted octanol–water partition coefficient (Wildman–Crippen LogP) is 9.41. The zero-order chi connectivity index (χ0) is 26.6. The first-order valence-corrected chi connectivity index (χ1v) is 13.7. The summed E-state index contributed by atoms with van der Waals surface area (Å²) in [6, 6.07) is 26.1. The summed E-state index contributed by atoms with van der Waals surface area (Å²) in [6.07, 6.45) is 12.4. The number of halogens is 1. The van der Waals surface area contributed by atoms with Gasteiger partial charge < -0.3 is 0 Å². The Morgan fingerprint density at radius 2 is 1.29 bits per heavy atom. The van der Waals surface area contributed by atoms with Crippen LogP contribution in [0.5, 0.6) is 0 Å². The van der Waals surface area contributed by atoms with Crippen molar-refractivity contribution in [1.29, 1.82) is 0 Å². The van der Waals surface area contributed by atoms with Crippen LogP contribution in [0.2, 0.25) is 0 Å². The molecule has 0 aliphatic carbocycles. The Kier molecular flexibility index (Phi) is 9.96. The van der Waals surface area contributed by atoms with Crippen LogP contribution in [0.15, 0.2) is 91.0 Å². The first-order valence-electron chi connectivity index (χ1n) is 13.7. The van der Waals surface area contributed by atoms with Gasteiger partial charge in [-0.2, -0.15) is 0 Å². The maximum absolute atomic E-state index is 15.2. The first kappa shape index (κ1) is 27.0. The van der Waals surface area contributed by atoms with Crippen molar-refractivity contribution >= 4 is 10.8 Å². The van der Waals surface area contributed by atoms with Crippen molar-refractivity contribution in [2.24, 2.45) is 0 Å². The average molecular weight is 499 g/mol. The van der Waals surface area contributed by atoms with E-state index in [-0.39, 0.29) is 5.82 Å². The number of fused-ring (bicyclic) bond motifs is 1. The van der Waals surface area contributed by atoms with E-state index in [9.17, 15) is 0 Å². The molecule has 0 saturated heterocycles. The zero-order valence-electron chi connectivity index (χ0n) is 22.5. The quantitative estimate of drug-likeness (QED) is 0.129. The Balaban J connectivity index is 1.40. The molecule has 0 spiro atoms. The highest BCUT2D eigenvalue weighted by molar-refractivity contribution is 5.85. The fraction of sp³-hybridized carbons (Fsp3) is 0.243. The van der Waals surface area contributed by atoms with Crippen LogP contribution in [-0.2, 0) is 12.8 Å². The van der Waals surface area contributed by atoms with E-state index in [2.05, 4.69) is 73.1 Å². The van der Waals surface area contributed by atoms with E-state index in [4.69, 9.17) is 0 Å². The number of aryl methyl sites for hydroxylation is 2. The van der Waals surface area contributed by atoms with Crippen LogP contribution >= 0.6 is 0 Å². The molecule has 1 heteroatoms. The molecule has 0 aromatic heterocycles. The third-order valence-corrected chi connectivity index (χ3v) is 6.70. The Bertz CT molecular complexity index is 1500. The van der Waals surface area contributed by atoms with Crippen molar-refractivity contribution in [2.75, 3.05) is 0 Å². The summed E-state index contributed by atoms with van der Waals surface area (Å²) in [4.78, 5) is 0. The molecule has 4 aromatic rings. The summed E-state index contributed by atoms with van der Waals surface area (Å²) in [5, 5.41) is 1.57. The largest absolute Gasteiger partial charge is 0.205 e. The van der Waals surface area contributed by atoms with Crippen molar-refractivity contribution in [2.45, 2.75) is 58.8 Å².